The van der Waals surface area contributed by atoms with Crippen molar-refractivity contribution in [2.45, 2.75) is 32.4 Å². The van der Waals surface area contributed by atoms with Crippen molar-refractivity contribution in [2.75, 3.05) is 0 Å². The molecule has 0 spiro atoms. The molecule has 0 saturated heterocycles. The molecule has 2 aromatic rings. The predicted octanol–water partition coefficient (Wildman–Crippen LogP) is 3.91. The van der Waals surface area contributed by atoms with Gasteiger partial charge >= 0.3 is 0 Å². The zero-order valence-electron chi connectivity index (χ0n) is 10.8. The summed E-state index contributed by atoms with van der Waals surface area (Å²) in [4.78, 5) is 0. The first-order chi connectivity index (χ1) is 8.81. The maximum atomic E-state index is 3.56. The number of hydrogen-bond donors (Lipinski definition) is 1. The number of hydrogen-bond acceptors (Lipinski definition) is 1. The topological polar surface area (TPSA) is 12.0 Å². The molecule has 0 bridgehead atoms. The van der Waals surface area contributed by atoms with Gasteiger partial charge in [0.25, 0.3) is 0 Å². The van der Waals surface area contributed by atoms with Crippen molar-refractivity contribution >= 4 is 0 Å². The monoisotopic (exact) mass is 237 g/mol. The molecule has 1 aliphatic rings. The van der Waals surface area contributed by atoms with E-state index in [9.17, 15) is 0 Å². The molecule has 0 heterocycles. The Morgan fingerprint density at radius 1 is 1.00 bits per heavy atom. The van der Waals surface area contributed by atoms with Gasteiger partial charge in [-0.05, 0) is 42.5 Å². The van der Waals surface area contributed by atoms with Crippen LogP contribution in [0.25, 0.3) is 11.1 Å². The second-order valence-electron chi connectivity index (χ2n) is 5.22. The summed E-state index contributed by atoms with van der Waals surface area (Å²) in [5, 5.41) is 3.56. The Balaban J connectivity index is 1.78. The Morgan fingerprint density at radius 2 is 1.78 bits per heavy atom. The molecule has 0 amide bonds. The number of nitrogens with one attached hydrogen (secondary N) is 1. The Kier molecular flexibility index (Phi) is 3.16. The molecule has 0 atom stereocenters. The van der Waals surface area contributed by atoms with E-state index in [1.165, 1.54) is 35.1 Å². The molecule has 92 valence electrons. The minimum atomic E-state index is 0.771. The highest BCUT2D eigenvalue weighted by Crippen LogP contribution is 2.22. The molecule has 0 aliphatic heterocycles. The van der Waals surface area contributed by atoms with Gasteiger partial charge < -0.3 is 5.32 Å². The van der Waals surface area contributed by atoms with Crippen molar-refractivity contribution in [3.8, 4) is 11.1 Å². The second-order valence-corrected chi connectivity index (χ2v) is 5.22. The van der Waals surface area contributed by atoms with E-state index in [1.807, 2.05) is 0 Å². The van der Waals surface area contributed by atoms with Crippen LogP contribution in [0.1, 0.15) is 24.0 Å². The van der Waals surface area contributed by atoms with Crippen molar-refractivity contribution in [1.82, 2.24) is 5.32 Å². The van der Waals surface area contributed by atoms with Crippen molar-refractivity contribution in [2.24, 2.45) is 0 Å². The lowest BCUT2D eigenvalue weighted by atomic mass is 10.0. The van der Waals surface area contributed by atoms with E-state index in [-0.39, 0.29) is 0 Å². The minimum absolute atomic E-state index is 0.771. The van der Waals surface area contributed by atoms with E-state index in [0.29, 0.717) is 0 Å². The summed E-state index contributed by atoms with van der Waals surface area (Å²) in [5.74, 6) is 0. The third-order valence-electron chi connectivity index (χ3n) is 3.48. The molecule has 2 aromatic carbocycles. The average Bonchev–Trinajstić information content (AvgIpc) is 3.22. The molecule has 1 aliphatic carbocycles. The van der Waals surface area contributed by atoms with Crippen LogP contribution < -0.4 is 5.32 Å². The Labute approximate surface area is 109 Å². The Hall–Kier alpha value is -1.60. The number of rotatable bonds is 4. The molecular formula is C17H19N. The van der Waals surface area contributed by atoms with Crippen LogP contribution in [0.2, 0.25) is 0 Å². The highest BCUT2D eigenvalue weighted by atomic mass is 14.9. The molecule has 1 N–H and O–H groups in total. The normalized spacial score (nSPS) is 14.7. The van der Waals surface area contributed by atoms with Crippen LogP contribution in [0, 0.1) is 6.92 Å². The first-order valence-electron chi connectivity index (χ1n) is 6.71. The van der Waals surface area contributed by atoms with E-state index in [1.54, 1.807) is 0 Å². The van der Waals surface area contributed by atoms with Crippen molar-refractivity contribution < 1.29 is 0 Å². The van der Waals surface area contributed by atoms with Crippen molar-refractivity contribution in [3.05, 3.63) is 59.7 Å². The third-order valence-corrected chi connectivity index (χ3v) is 3.48. The average molecular weight is 237 g/mol. The molecule has 18 heavy (non-hydrogen) atoms. The van der Waals surface area contributed by atoms with Crippen molar-refractivity contribution in [1.29, 1.82) is 0 Å². The van der Waals surface area contributed by atoms with E-state index in [0.717, 1.165) is 12.6 Å². The van der Waals surface area contributed by atoms with Gasteiger partial charge in [0.05, 0.1) is 0 Å². The molecule has 3 rings (SSSR count). The minimum Gasteiger partial charge on any atom is -0.310 e. The fourth-order valence-electron chi connectivity index (χ4n) is 2.16. The zero-order valence-corrected chi connectivity index (χ0v) is 10.8. The number of aryl methyl sites for hydroxylation is 1. The lowest BCUT2D eigenvalue weighted by Crippen LogP contribution is -2.15. The van der Waals surface area contributed by atoms with Crippen LogP contribution in [-0.2, 0) is 6.54 Å². The zero-order chi connectivity index (χ0) is 12.4. The summed E-state index contributed by atoms with van der Waals surface area (Å²) in [7, 11) is 0. The van der Waals surface area contributed by atoms with Crippen LogP contribution in [0.15, 0.2) is 48.5 Å². The van der Waals surface area contributed by atoms with Crippen LogP contribution in [-0.4, -0.2) is 6.04 Å². The predicted molar refractivity (Wildman–Crippen MR) is 76.5 cm³/mol. The van der Waals surface area contributed by atoms with Crippen molar-refractivity contribution in [3.63, 3.8) is 0 Å². The molecule has 0 aromatic heterocycles. The van der Waals surface area contributed by atoms with Gasteiger partial charge in [-0.15, -0.1) is 0 Å². The van der Waals surface area contributed by atoms with Gasteiger partial charge in [0.15, 0.2) is 0 Å². The van der Waals surface area contributed by atoms with Gasteiger partial charge in [0, 0.05) is 12.6 Å². The van der Waals surface area contributed by atoms with Crippen LogP contribution in [0.4, 0.5) is 0 Å². The summed E-state index contributed by atoms with van der Waals surface area (Å²) >= 11 is 0. The SMILES string of the molecule is Cc1ccc(-c2cccc(CNC3CC3)c2)cc1. The van der Waals surface area contributed by atoms with Gasteiger partial charge in [-0.1, -0.05) is 48.0 Å². The van der Waals surface area contributed by atoms with E-state index in [2.05, 4.69) is 60.8 Å². The number of benzene rings is 2. The molecule has 0 radical (unpaired) electrons. The van der Waals surface area contributed by atoms with Gasteiger partial charge in [-0.2, -0.15) is 0 Å². The summed E-state index contributed by atoms with van der Waals surface area (Å²) in [6.45, 7) is 3.12. The van der Waals surface area contributed by atoms with Crippen LogP contribution in [0.5, 0.6) is 0 Å². The van der Waals surface area contributed by atoms with Gasteiger partial charge in [-0.25, -0.2) is 0 Å². The molecule has 1 heteroatoms. The highest BCUT2D eigenvalue weighted by molar-refractivity contribution is 5.64. The van der Waals surface area contributed by atoms with Gasteiger partial charge in [-0.3, -0.25) is 0 Å². The summed E-state index contributed by atoms with van der Waals surface area (Å²) in [6, 6.07) is 18.3. The fraction of sp³-hybridized carbons (Fsp3) is 0.294. The van der Waals surface area contributed by atoms with E-state index < -0.39 is 0 Å². The fourth-order valence-corrected chi connectivity index (χ4v) is 2.16. The summed E-state index contributed by atoms with van der Waals surface area (Å²) < 4.78 is 0. The highest BCUT2D eigenvalue weighted by Gasteiger charge is 2.19. The molecule has 1 saturated carbocycles. The maximum absolute atomic E-state index is 3.56. The van der Waals surface area contributed by atoms with E-state index >= 15 is 0 Å². The lowest BCUT2D eigenvalue weighted by molar-refractivity contribution is 0.688. The third kappa shape index (κ3) is 2.80. The second kappa shape index (κ2) is 4.95. The Morgan fingerprint density at radius 3 is 2.50 bits per heavy atom. The molecule has 1 fully saturated rings. The molecule has 0 unspecified atom stereocenters. The quantitative estimate of drug-likeness (QED) is 0.850. The van der Waals surface area contributed by atoms with Crippen LogP contribution in [0.3, 0.4) is 0 Å². The largest absolute Gasteiger partial charge is 0.310 e. The molecular weight excluding hydrogens is 218 g/mol. The molecule has 1 nitrogen and oxygen atoms in total. The summed E-state index contributed by atoms with van der Waals surface area (Å²) in [6.07, 6.45) is 2.69. The summed E-state index contributed by atoms with van der Waals surface area (Å²) in [5.41, 5.74) is 5.30. The van der Waals surface area contributed by atoms with Gasteiger partial charge in [0.2, 0.25) is 0 Å². The van der Waals surface area contributed by atoms with Gasteiger partial charge in [0.1, 0.15) is 0 Å². The van der Waals surface area contributed by atoms with E-state index in [4.69, 9.17) is 0 Å². The lowest BCUT2D eigenvalue weighted by Gasteiger charge is -2.07. The van der Waals surface area contributed by atoms with Crippen LogP contribution >= 0.6 is 0 Å². The maximum Gasteiger partial charge on any atom is 0.0208 e. The Bertz CT molecular complexity index is 524. The standard InChI is InChI=1S/C17H19N/c1-13-5-7-15(8-6-13)16-4-2-3-14(11-16)12-18-17-9-10-17/h2-8,11,17-18H,9-10,12H2,1H3. The first kappa shape index (κ1) is 11.5. The first-order valence-corrected chi connectivity index (χ1v) is 6.71. The smallest absolute Gasteiger partial charge is 0.0208 e.